The minimum absolute atomic E-state index is 0.0158. The SMILES string of the molecule is COc1cc(OC)c(OC)cc1/C=C/C(=O)N1CCN(c2cc[nH+]cc2)CC1. The van der Waals surface area contributed by atoms with E-state index in [1.54, 1.807) is 45.6 Å². The van der Waals surface area contributed by atoms with Gasteiger partial charge in [0, 0.05) is 61.7 Å². The molecule has 1 fully saturated rings. The van der Waals surface area contributed by atoms with Crippen LogP contribution >= 0.6 is 0 Å². The molecular formula is C21H26N3O4+. The molecule has 28 heavy (non-hydrogen) atoms. The second kappa shape index (κ2) is 9.12. The van der Waals surface area contributed by atoms with Crippen molar-refractivity contribution in [3.05, 3.63) is 48.3 Å². The molecule has 0 atom stereocenters. The summed E-state index contributed by atoms with van der Waals surface area (Å²) in [5.74, 6) is 1.77. The Hall–Kier alpha value is -3.22. The van der Waals surface area contributed by atoms with E-state index >= 15 is 0 Å². The number of aromatic nitrogens is 1. The van der Waals surface area contributed by atoms with Crippen LogP contribution in [0, 0.1) is 0 Å². The van der Waals surface area contributed by atoms with Crippen molar-refractivity contribution in [1.29, 1.82) is 0 Å². The van der Waals surface area contributed by atoms with Crippen LogP contribution in [0.3, 0.4) is 0 Å². The summed E-state index contributed by atoms with van der Waals surface area (Å²) in [6.07, 6.45) is 7.15. The second-order valence-electron chi connectivity index (χ2n) is 6.35. The quantitative estimate of drug-likeness (QED) is 0.712. The molecular weight excluding hydrogens is 358 g/mol. The molecule has 0 bridgehead atoms. The standard InChI is InChI=1S/C21H25N3O4/c1-26-18-15-20(28-3)19(27-2)14-16(18)4-5-21(25)24-12-10-23(11-13-24)17-6-8-22-9-7-17/h4-9,14-15H,10-13H2,1-3H3/p+1/b5-4+. The summed E-state index contributed by atoms with van der Waals surface area (Å²) in [5, 5.41) is 0. The van der Waals surface area contributed by atoms with Crippen molar-refractivity contribution in [1.82, 2.24) is 4.90 Å². The number of rotatable bonds is 6. The Morgan fingerprint density at radius 2 is 1.54 bits per heavy atom. The molecule has 1 aromatic heterocycles. The van der Waals surface area contributed by atoms with Crippen LogP contribution in [0.2, 0.25) is 0 Å². The molecule has 1 N–H and O–H groups in total. The Morgan fingerprint density at radius 3 is 2.14 bits per heavy atom. The first kappa shape index (κ1) is 19.5. The largest absolute Gasteiger partial charge is 0.496 e. The van der Waals surface area contributed by atoms with Crippen LogP contribution in [-0.2, 0) is 4.79 Å². The number of hydrogen-bond donors (Lipinski definition) is 0. The Morgan fingerprint density at radius 1 is 0.929 bits per heavy atom. The molecule has 0 saturated carbocycles. The summed E-state index contributed by atoms with van der Waals surface area (Å²) < 4.78 is 16.0. The zero-order chi connectivity index (χ0) is 19.9. The summed E-state index contributed by atoms with van der Waals surface area (Å²) in [5.41, 5.74) is 1.92. The highest BCUT2D eigenvalue weighted by atomic mass is 16.5. The van der Waals surface area contributed by atoms with Crippen molar-refractivity contribution in [3.8, 4) is 17.2 Å². The topological polar surface area (TPSA) is 65.4 Å². The summed E-state index contributed by atoms with van der Waals surface area (Å²) in [4.78, 5) is 19.8. The molecule has 0 unspecified atom stereocenters. The lowest BCUT2D eigenvalue weighted by molar-refractivity contribution is -0.377. The van der Waals surface area contributed by atoms with Crippen LogP contribution in [0.1, 0.15) is 5.56 Å². The summed E-state index contributed by atoms with van der Waals surface area (Å²) in [6.45, 7) is 2.99. The number of carbonyl (C=O) groups is 1. The fourth-order valence-electron chi connectivity index (χ4n) is 3.22. The molecule has 1 aliphatic rings. The highest BCUT2D eigenvalue weighted by Crippen LogP contribution is 2.35. The number of aromatic amines is 1. The molecule has 2 heterocycles. The van der Waals surface area contributed by atoms with Gasteiger partial charge < -0.3 is 24.0 Å². The number of amides is 1. The molecule has 1 saturated heterocycles. The zero-order valence-corrected chi connectivity index (χ0v) is 16.5. The van der Waals surface area contributed by atoms with E-state index in [9.17, 15) is 4.79 Å². The number of ether oxygens (including phenoxy) is 3. The van der Waals surface area contributed by atoms with Gasteiger partial charge in [0.15, 0.2) is 23.9 Å². The number of benzene rings is 1. The van der Waals surface area contributed by atoms with Crippen LogP contribution < -0.4 is 24.1 Å². The summed E-state index contributed by atoms with van der Waals surface area (Å²) in [6, 6.07) is 7.63. The van der Waals surface area contributed by atoms with Gasteiger partial charge in [0.2, 0.25) is 5.91 Å². The highest BCUT2D eigenvalue weighted by Gasteiger charge is 2.20. The third kappa shape index (κ3) is 4.36. The molecule has 3 rings (SSSR count). The van der Waals surface area contributed by atoms with E-state index in [2.05, 4.69) is 9.88 Å². The summed E-state index contributed by atoms with van der Waals surface area (Å²) in [7, 11) is 4.73. The number of carbonyl (C=O) groups excluding carboxylic acids is 1. The monoisotopic (exact) mass is 384 g/mol. The van der Waals surface area contributed by atoms with Crippen molar-refractivity contribution < 1.29 is 24.0 Å². The van der Waals surface area contributed by atoms with Crippen LogP contribution in [0.4, 0.5) is 5.69 Å². The Kier molecular flexibility index (Phi) is 6.37. The smallest absolute Gasteiger partial charge is 0.246 e. The van der Waals surface area contributed by atoms with Gasteiger partial charge in [0.25, 0.3) is 0 Å². The maximum absolute atomic E-state index is 12.6. The third-order valence-corrected chi connectivity index (χ3v) is 4.80. The van der Waals surface area contributed by atoms with Crippen molar-refractivity contribution >= 4 is 17.7 Å². The number of hydrogen-bond acceptors (Lipinski definition) is 5. The van der Waals surface area contributed by atoms with E-state index < -0.39 is 0 Å². The maximum atomic E-state index is 12.6. The lowest BCUT2D eigenvalue weighted by Gasteiger charge is -2.35. The van der Waals surface area contributed by atoms with Gasteiger partial charge in [-0.05, 0) is 12.1 Å². The number of H-pyrrole nitrogens is 1. The van der Waals surface area contributed by atoms with Gasteiger partial charge in [-0.25, -0.2) is 4.98 Å². The number of anilines is 1. The molecule has 0 spiro atoms. The van der Waals surface area contributed by atoms with Gasteiger partial charge in [-0.1, -0.05) is 0 Å². The molecule has 0 radical (unpaired) electrons. The lowest BCUT2D eigenvalue weighted by Crippen LogP contribution is -2.48. The van der Waals surface area contributed by atoms with E-state index in [1.807, 2.05) is 29.4 Å². The third-order valence-electron chi connectivity index (χ3n) is 4.80. The zero-order valence-electron chi connectivity index (χ0n) is 16.5. The maximum Gasteiger partial charge on any atom is 0.246 e. The number of nitrogens with one attached hydrogen (secondary N) is 1. The molecule has 148 valence electrons. The van der Waals surface area contributed by atoms with Gasteiger partial charge in [-0.2, -0.15) is 0 Å². The van der Waals surface area contributed by atoms with Crippen molar-refractivity contribution in [2.75, 3.05) is 52.4 Å². The van der Waals surface area contributed by atoms with Crippen LogP contribution in [0.15, 0.2) is 42.7 Å². The van der Waals surface area contributed by atoms with E-state index in [-0.39, 0.29) is 5.91 Å². The van der Waals surface area contributed by atoms with Gasteiger partial charge in [0.05, 0.1) is 21.3 Å². The predicted octanol–water partition coefficient (Wildman–Crippen LogP) is 1.89. The molecule has 7 nitrogen and oxygen atoms in total. The average Bonchev–Trinajstić information content (AvgIpc) is 2.77. The Labute approximate surface area is 165 Å². The molecule has 1 amide bonds. The van der Waals surface area contributed by atoms with Gasteiger partial charge in [0.1, 0.15) is 5.75 Å². The predicted molar refractivity (Wildman–Crippen MR) is 107 cm³/mol. The first-order chi connectivity index (χ1) is 13.7. The number of methoxy groups -OCH3 is 3. The highest BCUT2D eigenvalue weighted by molar-refractivity contribution is 5.92. The Bertz CT molecular complexity index is 831. The molecule has 1 aromatic carbocycles. The van der Waals surface area contributed by atoms with E-state index in [1.165, 1.54) is 0 Å². The van der Waals surface area contributed by atoms with E-state index in [0.29, 0.717) is 30.3 Å². The van der Waals surface area contributed by atoms with Crippen molar-refractivity contribution in [2.45, 2.75) is 0 Å². The first-order valence-corrected chi connectivity index (χ1v) is 9.14. The van der Waals surface area contributed by atoms with Gasteiger partial charge in [-0.15, -0.1) is 0 Å². The van der Waals surface area contributed by atoms with E-state index in [4.69, 9.17) is 14.2 Å². The minimum atomic E-state index is -0.0158. The number of nitrogens with zero attached hydrogens (tertiary/aromatic N) is 2. The first-order valence-electron chi connectivity index (χ1n) is 9.14. The number of pyridine rings is 1. The minimum Gasteiger partial charge on any atom is -0.496 e. The second-order valence-corrected chi connectivity index (χ2v) is 6.35. The summed E-state index contributed by atoms with van der Waals surface area (Å²) >= 11 is 0. The van der Waals surface area contributed by atoms with Crippen LogP contribution in [-0.4, -0.2) is 58.3 Å². The van der Waals surface area contributed by atoms with Crippen molar-refractivity contribution in [2.24, 2.45) is 0 Å². The Balaban J connectivity index is 1.66. The van der Waals surface area contributed by atoms with Crippen LogP contribution in [0.25, 0.3) is 6.08 Å². The molecule has 7 heteroatoms. The lowest BCUT2D eigenvalue weighted by atomic mass is 10.1. The van der Waals surface area contributed by atoms with Gasteiger partial charge in [-0.3, -0.25) is 4.79 Å². The number of piperazine rings is 1. The normalized spacial score (nSPS) is 14.2. The molecule has 0 aliphatic carbocycles. The fraction of sp³-hybridized carbons (Fsp3) is 0.333. The van der Waals surface area contributed by atoms with E-state index in [0.717, 1.165) is 24.3 Å². The van der Waals surface area contributed by atoms with Crippen molar-refractivity contribution in [3.63, 3.8) is 0 Å². The van der Waals surface area contributed by atoms with Crippen LogP contribution in [0.5, 0.6) is 17.2 Å². The average molecular weight is 384 g/mol. The fourth-order valence-corrected chi connectivity index (χ4v) is 3.22. The van der Waals surface area contributed by atoms with Gasteiger partial charge >= 0.3 is 0 Å². The molecule has 1 aliphatic heterocycles. The molecule has 2 aromatic rings.